The summed E-state index contributed by atoms with van der Waals surface area (Å²) < 4.78 is 10.1. The van der Waals surface area contributed by atoms with Crippen molar-refractivity contribution in [1.82, 2.24) is 0 Å². The van der Waals surface area contributed by atoms with Crippen molar-refractivity contribution in [3.05, 3.63) is 57.5 Å². The number of aryl methyl sites for hydroxylation is 1. The molecule has 0 radical (unpaired) electrons. The van der Waals surface area contributed by atoms with Gasteiger partial charge in [-0.15, -0.1) is 11.3 Å². The van der Waals surface area contributed by atoms with E-state index in [0.29, 0.717) is 5.56 Å². The van der Waals surface area contributed by atoms with Gasteiger partial charge in [0.05, 0.1) is 18.8 Å². The van der Waals surface area contributed by atoms with E-state index in [2.05, 4.69) is 5.32 Å². The lowest BCUT2D eigenvalue weighted by molar-refractivity contribution is -0.111. The quantitative estimate of drug-likeness (QED) is 0.550. The van der Waals surface area contributed by atoms with Crippen molar-refractivity contribution >= 4 is 40.3 Å². The van der Waals surface area contributed by atoms with Crippen LogP contribution in [0.2, 0.25) is 0 Å². The Morgan fingerprint density at radius 2 is 1.61 bits per heavy atom. The molecular weight excluding hydrogens is 378 g/mol. The first kappa shape index (κ1) is 21.4. The van der Waals surface area contributed by atoms with Gasteiger partial charge in [-0.2, -0.15) is 0 Å². The summed E-state index contributed by atoms with van der Waals surface area (Å²) in [6.07, 6.45) is 3.05. The van der Waals surface area contributed by atoms with Gasteiger partial charge in [0, 0.05) is 6.08 Å². The molecule has 0 fully saturated rings. The van der Waals surface area contributed by atoms with Crippen LogP contribution in [0.15, 0.2) is 30.3 Å². The van der Waals surface area contributed by atoms with E-state index in [1.165, 1.54) is 6.08 Å². The zero-order chi connectivity index (χ0) is 20.7. The van der Waals surface area contributed by atoms with Crippen LogP contribution in [-0.4, -0.2) is 31.1 Å². The van der Waals surface area contributed by atoms with Gasteiger partial charge in [0.1, 0.15) is 9.88 Å². The van der Waals surface area contributed by atoms with Gasteiger partial charge in [0.15, 0.2) is 0 Å². The fourth-order valence-electron chi connectivity index (χ4n) is 2.44. The predicted molar refractivity (Wildman–Crippen MR) is 110 cm³/mol. The summed E-state index contributed by atoms with van der Waals surface area (Å²) in [5.41, 5.74) is 2.61. The molecule has 148 valence electrons. The number of ether oxygens (including phenoxy) is 2. The molecule has 1 amide bonds. The Hall–Kier alpha value is -2.93. The summed E-state index contributed by atoms with van der Waals surface area (Å²) in [6, 6.07) is 7.70. The van der Waals surface area contributed by atoms with Crippen LogP contribution in [0.5, 0.6) is 0 Å². The topological polar surface area (TPSA) is 81.7 Å². The third-order valence-corrected chi connectivity index (χ3v) is 5.02. The highest BCUT2D eigenvalue weighted by Gasteiger charge is 2.26. The Labute approximate surface area is 168 Å². The molecular formula is C21H23NO5S. The summed E-state index contributed by atoms with van der Waals surface area (Å²) in [5, 5.41) is 2.94. The smallest absolute Gasteiger partial charge is 0.348 e. The molecule has 0 bridgehead atoms. The fraction of sp³-hybridized carbons (Fsp3) is 0.286. The zero-order valence-electron chi connectivity index (χ0n) is 16.3. The van der Waals surface area contributed by atoms with Gasteiger partial charge < -0.3 is 14.8 Å². The molecule has 2 aromatic rings. The van der Waals surface area contributed by atoms with Crippen LogP contribution in [-0.2, 0) is 14.3 Å². The van der Waals surface area contributed by atoms with E-state index in [0.717, 1.165) is 22.5 Å². The standard InChI is InChI=1S/C21H23NO5S/c1-5-26-20(24)17-14(4)18(21(25)27-6-2)28-19(17)22-16(23)12-11-15-9-7-13(3)8-10-15/h7-12H,5-6H2,1-4H3,(H,22,23). The predicted octanol–water partition coefficient (Wildman–Crippen LogP) is 4.37. The van der Waals surface area contributed by atoms with Crippen molar-refractivity contribution < 1.29 is 23.9 Å². The molecule has 6 nitrogen and oxygen atoms in total. The van der Waals surface area contributed by atoms with Gasteiger partial charge >= 0.3 is 11.9 Å². The Bertz CT molecular complexity index is 896. The fourth-order valence-corrected chi connectivity index (χ4v) is 3.54. The number of esters is 2. The Morgan fingerprint density at radius 3 is 2.21 bits per heavy atom. The number of thiophene rings is 1. The molecule has 0 saturated carbocycles. The monoisotopic (exact) mass is 401 g/mol. The second-order valence-electron chi connectivity index (χ2n) is 5.93. The third-order valence-electron chi connectivity index (χ3n) is 3.83. The van der Waals surface area contributed by atoms with Crippen molar-refractivity contribution in [3.8, 4) is 0 Å². The average molecular weight is 401 g/mol. The van der Waals surface area contributed by atoms with Gasteiger partial charge in [0.25, 0.3) is 0 Å². The van der Waals surface area contributed by atoms with Crippen LogP contribution in [0.3, 0.4) is 0 Å². The molecule has 1 heterocycles. The van der Waals surface area contributed by atoms with E-state index in [-0.39, 0.29) is 28.7 Å². The van der Waals surface area contributed by atoms with Crippen LogP contribution < -0.4 is 5.32 Å². The largest absolute Gasteiger partial charge is 0.462 e. The van der Waals surface area contributed by atoms with E-state index in [1.807, 2.05) is 31.2 Å². The van der Waals surface area contributed by atoms with E-state index in [9.17, 15) is 14.4 Å². The van der Waals surface area contributed by atoms with E-state index >= 15 is 0 Å². The number of rotatable bonds is 7. The van der Waals surface area contributed by atoms with Crippen molar-refractivity contribution in [2.45, 2.75) is 27.7 Å². The van der Waals surface area contributed by atoms with Gasteiger partial charge in [0.2, 0.25) is 5.91 Å². The Morgan fingerprint density at radius 1 is 1.00 bits per heavy atom. The molecule has 0 spiro atoms. The van der Waals surface area contributed by atoms with Crippen LogP contribution in [0.25, 0.3) is 6.08 Å². The molecule has 1 aromatic heterocycles. The van der Waals surface area contributed by atoms with Crippen molar-refractivity contribution in [2.75, 3.05) is 18.5 Å². The number of benzene rings is 1. The van der Waals surface area contributed by atoms with Crippen LogP contribution in [0.1, 0.15) is 50.6 Å². The molecule has 0 saturated heterocycles. The van der Waals surface area contributed by atoms with Crippen LogP contribution in [0, 0.1) is 13.8 Å². The van der Waals surface area contributed by atoms with E-state index in [1.54, 1.807) is 26.8 Å². The summed E-state index contributed by atoms with van der Waals surface area (Å²) in [7, 11) is 0. The molecule has 0 aliphatic carbocycles. The Balaban J connectivity index is 2.28. The number of nitrogens with one attached hydrogen (secondary N) is 1. The lowest BCUT2D eigenvalue weighted by Gasteiger charge is -2.05. The van der Waals surface area contributed by atoms with Gasteiger partial charge in [-0.05, 0) is 44.9 Å². The Kier molecular flexibility index (Phi) is 7.52. The lowest BCUT2D eigenvalue weighted by atomic mass is 10.1. The number of amides is 1. The van der Waals surface area contributed by atoms with Gasteiger partial charge in [-0.3, -0.25) is 4.79 Å². The SMILES string of the molecule is CCOC(=O)c1sc(NC(=O)C=Cc2ccc(C)cc2)c(C(=O)OCC)c1C. The number of hydrogen-bond donors (Lipinski definition) is 1. The molecule has 28 heavy (non-hydrogen) atoms. The maximum atomic E-state index is 12.3. The highest BCUT2D eigenvalue weighted by molar-refractivity contribution is 7.18. The average Bonchev–Trinajstić information content (AvgIpc) is 2.97. The molecule has 0 unspecified atom stereocenters. The molecule has 7 heteroatoms. The molecule has 1 N–H and O–H groups in total. The number of anilines is 1. The second-order valence-corrected chi connectivity index (χ2v) is 6.96. The molecule has 2 rings (SSSR count). The number of carbonyl (C=O) groups is 3. The van der Waals surface area contributed by atoms with Crippen LogP contribution in [0.4, 0.5) is 5.00 Å². The van der Waals surface area contributed by atoms with Crippen molar-refractivity contribution in [3.63, 3.8) is 0 Å². The minimum absolute atomic E-state index is 0.173. The number of hydrogen-bond acceptors (Lipinski definition) is 6. The highest BCUT2D eigenvalue weighted by Crippen LogP contribution is 2.34. The zero-order valence-corrected chi connectivity index (χ0v) is 17.1. The minimum Gasteiger partial charge on any atom is -0.462 e. The second kappa shape index (κ2) is 9.85. The summed E-state index contributed by atoms with van der Waals surface area (Å²) in [4.78, 5) is 37.1. The van der Waals surface area contributed by atoms with E-state index in [4.69, 9.17) is 9.47 Å². The summed E-state index contributed by atoms with van der Waals surface area (Å²) in [6.45, 7) is 7.40. The van der Waals surface area contributed by atoms with Crippen molar-refractivity contribution in [2.24, 2.45) is 0 Å². The number of carbonyl (C=O) groups excluding carboxylic acids is 3. The van der Waals surface area contributed by atoms with Gasteiger partial charge in [-0.25, -0.2) is 9.59 Å². The van der Waals surface area contributed by atoms with Crippen molar-refractivity contribution in [1.29, 1.82) is 0 Å². The third kappa shape index (κ3) is 5.29. The molecule has 0 aliphatic heterocycles. The summed E-state index contributed by atoms with van der Waals surface area (Å²) in [5.74, 6) is -1.54. The first-order valence-electron chi connectivity index (χ1n) is 8.90. The summed E-state index contributed by atoms with van der Waals surface area (Å²) >= 11 is 0.999. The highest BCUT2D eigenvalue weighted by atomic mass is 32.1. The molecule has 0 atom stereocenters. The normalized spacial score (nSPS) is 10.7. The maximum absolute atomic E-state index is 12.3. The van der Waals surface area contributed by atoms with E-state index < -0.39 is 17.8 Å². The minimum atomic E-state index is -0.593. The first-order chi connectivity index (χ1) is 13.4. The molecule has 1 aromatic carbocycles. The first-order valence-corrected chi connectivity index (χ1v) is 9.72. The lowest BCUT2D eigenvalue weighted by Crippen LogP contribution is -2.13. The maximum Gasteiger partial charge on any atom is 0.348 e. The van der Waals surface area contributed by atoms with Crippen LogP contribution >= 0.6 is 11.3 Å². The molecule has 0 aliphatic rings. The van der Waals surface area contributed by atoms with Gasteiger partial charge in [-0.1, -0.05) is 29.8 Å².